The Morgan fingerprint density at radius 3 is 3.10 bits per heavy atom. The maximum atomic E-state index is 10.8. The van der Waals surface area contributed by atoms with E-state index in [0.717, 1.165) is 5.75 Å². The molecule has 0 rings (SSSR count). The van der Waals surface area contributed by atoms with Crippen LogP contribution >= 0.6 is 11.8 Å². The van der Waals surface area contributed by atoms with Crippen molar-refractivity contribution in [2.24, 2.45) is 5.73 Å². The maximum absolute atomic E-state index is 10.8. The van der Waals surface area contributed by atoms with E-state index in [1.165, 1.54) is 7.11 Å². The topological polar surface area (TPSA) is 52.3 Å². The van der Waals surface area contributed by atoms with E-state index in [1.807, 2.05) is 6.26 Å². The molecule has 0 bridgehead atoms. The number of nitrogens with two attached hydrogens (primary N) is 1. The molecule has 0 amide bonds. The highest BCUT2D eigenvalue weighted by atomic mass is 32.2. The van der Waals surface area contributed by atoms with Gasteiger partial charge in [-0.2, -0.15) is 11.8 Å². The van der Waals surface area contributed by atoms with Crippen LogP contribution in [-0.2, 0) is 9.53 Å². The molecule has 60 valence electrons. The summed E-state index contributed by atoms with van der Waals surface area (Å²) in [5.74, 6) is 0.486. The summed E-state index contributed by atoms with van der Waals surface area (Å²) in [6.07, 6.45) is 2.59. The van der Waals surface area contributed by atoms with Gasteiger partial charge in [0.25, 0.3) is 0 Å². The Bertz CT molecular complexity index is 123. The SMILES string of the molecule is [2H]N[C@@H](CCSC)C(=O)OC. The quantitative estimate of drug-likeness (QED) is 0.591. The highest BCUT2D eigenvalue weighted by Gasteiger charge is 2.11. The Kier molecular flexibility index (Phi) is 4.38. The smallest absolute Gasteiger partial charge is 0.322 e. The van der Waals surface area contributed by atoms with Gasteiger partial charge >= 0.3 is 5.97 Å². The van der Waals surface area contributed by atoms with Gasteiger partial charge in [-0.25, -0.2) is 0 Å². The van der Waals surface area contributed by atoms with Crippen LogP contribution in [0.2, 0.25) is 1.41 Å². The van der Waals surface area contributed by atoms with Crippen molar-refractivity contribution in [2.45, 2.75) is 12.5 Å². The molecule has 0 aromatic carbocycles. The number of carbonyl (C=O) groups is 1. The lowest BCUT2D eigenvalue weighted by atomic mass is 10.2. The Morgan fingerprint density at radius 1 is 2.00 bits per heavy atom. The first kappa shape index (κ1) is 7.88. The lowest BCUT2D eigenvalue weighted by Crippen LogP contribution is -2.31. The summed E-state index contributed by atoms with van der Waals surface area (Å²) in [6, 6.07) is -0.479. The molecule has 0 aliphatic heterocycles. The van der Waals surface area contributed by atoms with Gasteiger partial charge in [0.1, 0.15) is 7.45 Å². The zero-order valence-electron chi connectivity index (χ0n) is 7.22. The van der Waals surface area contributed by atoms with Crippen LogP contribution in [-0.4, -0.2) is 31.1 Å². The van der Waals surface area contributed by atoms with Crippen molar-refractivity contribution in [3.8, 4) is 0 Å². The molecule has 0 fully saturated rings. The standard InChI is InChI=1S/C6H13NO2S/c1-9-6(8)5(7)3-4-10-2/h5H,3-4,7H2,1-2H3/t5-/m0/s1/i/hD. The zero-order valence-corrected chi connectivity index (χ0v) is 7.03. The summed E-state index contributed by atoms with van der Waals surface area (Å²) in [5, 5.41) is 0. The van der Waals surface area contributed by atoms with Crippen molar-refractivity contribution in [2.75, 3.05) is 19.1 Å². The predicted molar refractivity (Wildman–Crippen MR) is 43.0 cm³/mol. The zero-order chi connectivity index (χ0) is 8.69. The van der Waals surface area contributed by atoms with E-state index < -0.39 is 6.04 Å². The summed E-state index contributed by atoms with van der Waals surface area (Å²) in [5.41, 5.74) is 2.15. The van der Waals surface area contributed by atoms with Crippen molar-refractivity contribution in [3.63, 3.8) is 0 Å². The fraction of sp³-hybridized carbons (Fsp3) is 0.833. The van der Waals surface area contributed by atoms with Crippen LogP contribution in [0.1, 0.15) is 6.42 Å². The number of ether oxygens (including phenoxy) is 1. The van der Waals surface area contributed by atoms with Crippen molar-refractivity contribution < 1.29 is 10.9 Å². The van der Waals surface area contributed by atoms with Crippen LogP contribution in [0.3, 0.4) is 0 Å². The molecule has 0 aromatic rings. The number of hydrogen-bond acceptors (Lipinski definition) is 4. The van der Waals surface area contributed by atoms with Gasteiger partial charge in [0.2, 0.25) is 0 Å². The van der Waals surface area contributed by atoms with Crippen LogP contribution in [0.4, 0.5) is 0 Å². The number of methoxy groups -OCH3 is 1. The summed E-state index contributed by atoms with van der Waals surface area (Å²) in [6.45, 7) is 0. The van der Waals surface area contributed by atoms with E-state index in [-0.39, 0.29) is 5.97 Å². The molecule has 0 heterocycles. The summed E-state index contributed by atoms with van der Waals surface area (Å²) in [4.78, 5) is 10.8. The molecule has 10 heavy (non-hydrogen) atoms. The molecule has 1 atom stereocenters. The van der Waals surface area contributed by atoms with E-state index >= 15 is 0 Å². The van der Waals surface area contributed by atoms with Crippen molar-refractivity contribution in [3.05, 3.63) is 0 Å². The fourth-order valence-corrected chi connectivity index (χ4v) is 0.967. The summed E-state index contributed by atoms with van der Waals surface area (Å²) < 4.78 is 11.3. The number of hydrogen-bond donors (Lipinski definition) is 1. The first-order chi connectivity index (χ1) is 5.26. The molecule has 0 saturated carbocycles. The van der Waals surface area contributed by atoms with Crippen LogP contribution in [0, 0.1) is 0 Å². The Labute approximate surface area is 66.8 Å². The largest absolute Gasteiger partial charge is 0.468 e. The second kappa shape index (κ2) is 5.56. The predicted octanol–water partition coefficient (Wildman–Crippen LogP) is 0.240. The average molecular weight is 164 g/mol. The molecule has 0 aliphatic carbocycles. The highest BCUT2D eigenvalue weighted by molar-refractivity contribution is 7.98. The van der Waals surface area contributed by atoms with E-state index in [1.54, 1.807) is 11.8 Å². The van der Waals surface area contributed by atoms with Gasteiger partial charge in [-0.1, -0.05) is 0 Å². The maximum Gasteiger partial charge on any atom is 0.322 e. The van der Waals surface area contributed by atoms with Crippen LogP contribution in [0.25, 0.3) is 0 Å². The Balaban J connectivity index is 3.65. The van der Waals surface area contributed by atoms with Gasteiger partial charge in [-0.15, -0.1) is 0 Å². The van der Waals surface area contributed by atoms with Gasteiger partial charge in [-0.3, -0.25) is 4.79 Å². The van der Waals surface area contributed by atoms with Gasteiger partial charge < -0.3 is 10.5 Å². The Morgan fingerprint density at radius 2 is 2.70 bits per heavy atom. The number of thioether (sulfide) groups is 1. The minimum Gasteiger partial charge on any atom is -0.468 e. The van der Waals surface area contributed by atoms with Crippen molar-refractivity contribution >= 4 is 17.7 Å². The fourth-order valence-electron chi connectivity index (χ4n) is 0.496. The van der Waals surface area contributed by atoms with Gasteiger partial charge in [-0.05, 0) is 18.4 Å². The molecule has 4 heteroatoms. The lowest BCUT2D eigenvalue weighted by Gasteiger charge is -2.06. The second-order valence-corrected chi connectivity index (χ2v) is 2.84. The molecule has 0 radical (unpaired) electrons. The summed E-state index contributed by atoms with van der Waals surface area (Å²) >= 11 is 1.64. The molecular formula is C6H13NO2S. The number of carbonyl (C=O) groups excluding carboxylic acids is 1. The third-order valence-electron chi connectivity index (χ3n) is 1.10. The average Bonchev–Trinajstić information content (AvgIpc) is 2.05. The van der Waals surface area contributed by atoms with Crippen LogP contribution < -0.4 is 5.73 Å². The highest BCUT2D eigenvalue weighted by Crippen LogP contribution is 1.99. The van der Waals surface area contributed by atoms with E-state index in [4.69, 9.17) is 1.41 Å². The number of rotatable bonds is 5. The molecule has 2 N–H and O–H groups in total. The normalized spacial score (nSPS) is 14.0. The second-order valence-electron chi connectivity index (χ2n) is 1.86. The van der Waals surface area contributed by atoms with E-state index in [2.05, 4.69) is 10.5 Å². The van der Waals surface area contributed by atoms with Gasteiger partial charge in [0.15, 0.2) is 0 Å². The van der Waals surface area contributed by atoms with Crippen LogP contribution in [0.15, 0.2) is 0 Å². The Hall–Kier alpha value is -0.220. The molecular weight excluding hydrogens is 150 g/mol. The summed E-state index contributed by atoms with van der Waals surface area (Å²) in [7, 11) is 1.33. The van der Waals surface area contributed by atoms with E-state index in [9.17, 15) is 4.79 Å². The van der Waals surface area contributed by atoms with Crippen LogP contribution in [0.5, 0.6) is 0 Å². The minimum atomic E-state index is -0.479. The molecule has 0 spiro atoms. The number of esters is 1. The third kappa shape index (κ3) is 3.74. The molecule has 0 aliphatic rings. The lowest BCUT2D eigenvalue weighted by molar-refractivity contribution is -0.142. The third-order valence-corrected chi connectivity index (χ3v) is 1.74. The first-order valence-electron chi connectivity index (χ1n) is 3.50. The van der Waals surface area contributed by atoms with Crippen molar-refractivity contribution in [1.29, 1.82) is 0 Å². The first-order valence-corrected chi connectivity index (χ1v) is 4.39. The van der Waals surface area contributed by atoms with Gasteiger partial charge in [0.05, 0.1) is 7.11 Å². The molecule has 3 nitrogen and oxygen atoms in total. The molecule has 0 saturated heterocycles. The van der Waals surface area contributed by atoms with Gasteiger partial charge in [0, 0.05) is 0 Å². The monoisotopic (exact) mass is 164 g/mol. The molecule has 0 unspecified atom stereocenters. The van der Waals surface area contributed by atoms with E-state index in [0.29, 0.717) is 6.42 Å². The van der Waals surface area contributed by atoms with Crippen molar-refractivity contribution in [1.82, 2.24) is 0 Å². The molecule has 0 aromatic heterocycles. The minimum absolute atomic E-state index is 0.367.